The fourth-order valence-electron chi connectivity index (χ4n) is 8.76. The molecular weight excluding hydrogens is 1200 g/mol. The monoisotopic (exact) mass is 1260 g/mol. The topological polar surface area (TPSA) is 9.23 Å². The molecule has 2 aliphatic heterocycles. The molecule has 10 rings (SSSR count). The van der Waals surface area contributed by atoms with Crippen molar-refractivity contribution in [3.8, 4) is 44.5 Å². The van der Waals surface area contributed by atoms with Gasteiger partial charge in [-0.05, 0) is 58.4 Å². The predicted molar refractivity (Wildman–Crippen MR) is 307 cm³/mol. The predicted octanol–water partition coefficient (Wildman–Crippen LogP) is 17.1. The molecular formula is C59H60BBr2Cl2OSn2. The van der Waals surface area contributed by atoms with Crippen molar-refractivity contribution in [1.82, 2.24) is 0 Å². The van der Waals surface area contributed by atoms with Crippen LogP contribution in [0.15, 0.2) is 203 Å². The molecule has 8 heteroatoms. The maximum absolute atomic E-state index is 5.51. The Balaban J connectivity index is 0.000000203. The molecule has 0 saturated carbocycles. The molecule has 341 valence electrons. The van der Waals surface area contributed by atoms with Gasteiger partial charge in [-0.15, -0.1) is 0 Å². The van der Waals surface area contributed by atoms with Crippen LogP contribution in [-0.2, 0) is 17.6 Å². The van der Waals surface area contributed by atoms with Crippen molar-refractivity contribution < 1.29 is 4.74 Å². The van der Waals surface area contributed by atoms with Crippen molar-refractivity contribution in [3.63, 3.8) is 0 Å². The Morgan fingerprint density at radius 1 is 0.463 bits per heavy atom. The van der Waals surface area contributed by atoms with E-state index in [1.54, 1.807) is 18.3 Å². The van der Waals surface area contributed by atoms with E-state index in [9.17, 15) is 0 Å². The molecule has 0 aliphatic carbocycles. The third kappa shape index (κ3) is 14.7. The summed E-state index contributed by atoms with van der Waals surface area (Å²) in [5.41, 5.74) is 16.2. The number of fused-ring (bicyclic) bond motifs is 2. The molecule has 8 aromatic rings. The second-order valence-electron chi connectivity index (χ2n) is 17.3. The summed E-state index contributed by atoms with van der Waals surface area (Å²) in [6.45, 7) is 2.00. The molecule has 0 aromatic heterocycles. The van der Waals surface area contributed by atoms with Crippen LogP contribution in [0, 0.1) is 0 Å². The molecule has 67 heavy (non-hydrogen) atoms. The first kappa shape index (κ1) is 54.9. The minimum atomic E-state index is -2.65. The summed E-state index contributed by atoms with van der Waals surface area (Å²) < 4.78 is 10.5. The number of rotatable bonds is 6. The van der Waals surface area contributed by atoms with Crippen LogP contribution in [0.3, 0.4) is 0 Å². The summed E-state index contributed by atoms with van der Waals surface area (Å²) in [7, 11) is 11.0. The van der Waals surface area contributed by atoms with Gasteiger partial charge in [0.05, 0.1) is 0 Å². The summed E-state index contributed by atoms with van der Waals surface area (Å²) >= 11 is 2.69. The van der Waals surface area contributed by atoms with Crippen LogP contribution in [0.25, 0.3) is 44.5 Å². The van der Waals surface area contributed by atoms with Crippen LogP contribution in [0.4, 0.5) is 0 Å². The average molecular weight is 1260 g/mol. The van der Waals surface area contributed by atoms with Gasteiger partial charge in [-0.2, -0.15) is 0 Å². The SMILES string of the molecule is Brc1cccc(-c2ccccc2)c1Cc1c(Br)cccc1-c1ccccc1.C.C1CCOC1.[B].[CH3][Sn]([CH3])([Cl])[Cl].[CH3][Sn]1([CH3])[c]2cccc(-c3ccccc3)c2Cc2c(-c3ccccc3)ccc[c]21. The Kier molecular flexibility index (Phi) is 21.5. The Morgan fingerprint density at radius 2 is 0.761 bits per heavy atom. The van der Waals surface area contributed by atoms with Gasteiger partial charge in [-0.1, -0.05) is 124 Å². The fraction of sp³-hybridized carbons (Fsp3) is 0.186. The zero-order chi connectivity index (χ0) is 45.8. The van der Waals surface area contributed by atoms with E-state index in [0.717, 1.165) is 35.0 Å². The van der Waals surface area contributed by atoms with Crippen molar-refractivity contribution in [2.45, 2.75) is 52.9 Å². The quantitative estimate of drug-likeness (QED) is 0.151. The second kappa shape index (κ2) is 26.2. The Bertz CT molecular complexity index is 2590. The van der Waals surface area contributed by atoms with Gasteiger partial charge in [-0.25, -0.2) is 0 Å². The maximum atomic E-state index is 5.51. The number of benzene rings is 8. The van der Waals surface area contributed by atoms with Crippen molar-refractivity contribution in [3.05, 3.63) is 225 Å². The van der Waals surface area contributed by atoms with Crippen LogP contribution < -0.4 is 7.16 Å². The molecule has 1 fully saturated rings. The molecule has 1 saturated heterocycles. The van der Waals surface area contributed by atoms with Gasteiger partial charge in [-0.3, -0.25) is 0 Å². The van der Waals surface area contributed by atoms with E-state index in [-0.39, 0.29) is 15.8 Å². The standard InChI is InChI=1S/C25H18Br2.C25H18.C4H8O.CH4.4CH3.B.2ClH.2Sn/c26-24-15-7-13-20(18-9-3-1-4-10-18)22(24)17-23-21(14-8-16-25(23)27)19-11-5-2-6-12-19;1-3-11-20(12-4-1)24-17-9-7-15-22(24)19-23-16-8-10-18-25(23)21-13-5-2-6-14-21;1-2-4-5-3-1;;;;;;;;;;/h1-16H,17H2;1-14,17-18H,19H2;1-4H2;1H4;4*1H3;;2*1H;;/q;;;;;;;;;;;;+2/p-2. The van der Waals surface area contributed by atoms with Crippen molar-refractivity contribution in [2.24, 2.45) is 0 Å². The van der Waals surface area contributed by atoms with Crippen LogP contribution in [0.1, 0.15) is 42.5 Å². The summed E-state index contributed by atoms with van der Waals surface area (Å²) in [5.74, 6) is 0. The van der Waals surface area contributed by atoms with Gasteiger partial charge < -0.3 is 4.74 Å². The fourth-order valence-corrected chi connectivity index (χ4v) is 19.1. The normalized spacial score (nSPS) is 13.0. The second-order valence-corrected chi connectivity index (χ2v) is 52.9. The molecule has 0 amide bonds. The first-order valence-electron chi connectivity index (χ1n) is 22.4. The van der Waals surface area contributed by atoms with Crippen molar-refractivity contribution in [2.75, 3.05) is 13.2 Å². The first-order chi connectivity index (χ1) is 31.4. The number of hydrogen-bond donors (Lipinski definition) is 0. The molecule has 0 spiro atoms. The van der Waals surface area contributed by atoms with Crippen LogP contribution >= 0.6 is 49.7 Å². The van der Waals surface area contributed by atoms with Crippen LogP contribution in [0.5, 0.6) is 0 Å². The molecule has 3 radical (unpaired) electrons. The van der Waals surface area contributed by atoms with Crippen LogP contribution in [0.2, 0.25) is 19.8 Å². The average Bonchev–Trinajstić information content (AvgIpc) is 3.92. The van der Waals surface area contributed by atoms with E-state index < -0.39 is 34.5 Å². The van der Waals surface area contributed by atoms with E-state index in [4.69, 9.17) is 22.6 Å². The Labute approximate surface area is 435 Å². The van der Waals surface area contributed by atoms with Gasteiger partial charge in [0.1, 0.15) is 0 Å². The van der Waals surface area contributed by atoms with Crippen molar-refractivity contribution >= 4 is 99.8 Å². The summed E-state index contributed by atoms with van der Waals surface area (Å²) in [6, 6.07) is 69.8. The van der Waals surface area contributed by atoms with Crippen molar-refractivity contribution in [1.29, 1.82) is 0 Å². The number of halogens is 4. The molecule has 1 nitrogen and oxygen atoms in total. The van der Waals surface area contributed by atoms with E-state index >= 15 is 0 Å². The molecule has 0 unspecified atom stereocenters. The molecule has 0 N–H and O–H groups in total. The van der Waals surface area contributed by atoms with E-state index in [2.05, 4.69) is 236 Å². The first-order valence-corrected chi connectivity index (χ1v) is 45.5. The van der Waals surface area contributed by atoms with Gasteiger partial charge in [0.25, 0.3) is 0 Å². The van der Waals surface area contributed by atoms with Gasteiger partial charge in [0.2, 0.25) is 0 Å². The molecule has 0 atom stereocenters. The Hall–Kier alpha value is -3.08. The number of hydrogen-bond acceptors (Lipinski definition) is 1. The van der Waals surface area contributed by atoms with Gasteiger partial charge >= 0.3 is 216 Å². The molecule has 2 aliphatic rings. The minimum absolute atomic E-state index is 0. The van der Waals surface area contributed by atoms with Gasteiger partial charge in [0.15, 0.2) is 0 Å². The van der Waals surface area contributed by atoms with E-state index in [1.807, 2.05) is 9.88 Å². The van der Waals surface area contributed by atoms with E-state index in [1.165, 1.54) is 68.5 Å². The Morgan fingerprint density at radius 3 is 1.07 bits per heavy atom. The summed E-state index contributed by atoms with van der Waals surface area (Å²) in [5, 5.41) is 0. The third-order valence-electron chi connectivity index (χ3n) is 11.8. The molecule has 8 aromatic carbocycles. The van der Waals surface area contributed by atoms with E-state index in [0.29, 0.717) is 0 Å². The number of ether oxygens (including phenoxy) is 1. The molecule has 2 heterocycles. The van der Waals surface area contributed by atoms with Crippen LogP contribution in [-0.4, -0.2) is 56.1 Å². The molecule has 0 bridgehead atoms. The zero-order valence-electron chi connectivity index (χ0n) is 38.2. The summed E-state index contributed by atoms with van der Waals surface area (Å²) in [6.07, 6.45) is 4.43. The summed E-state index contributed by atoms with van der Waals surface area (Å²) in [4.78, 5) is 9.01. The zero-order valence-corrected chi connectivity index (χ0v) is 48.6. The third-order valence-corrected chi connectivity index (χ3v) is 23.7. The van der Waals surface area contributed by atoms with Gasteiger partial charge in [0, 0.05) is 37.0 Å².